The number of hydrogen-bond acceptors (Lipinski definition) is 2. The molecular formula is C19H14N2. The highest BCUT2D eigenvalue weighted by Gasteiger charge is 2.01. The zero-order valence-corrected chi connectivity index (χ0v) is 11.5. The second-order valence-electron chi connectivity index (χ2n) is 4.65. The van der Waals surface area contributed by atoms with Gasteiger partial charge in [-0.25, -0.2) is 4.98 Å². The fourth-order valence-corrected chi connectivity index (χ4v) is 2.07. The summed E-state index contributed by atoms with van der Waals surface area (Å²) in [7, 11) is 0. The molecule has 21 heavy (non-hydrogen) atoms. The van der Waals surface area contributed by atoms with Crippen LogP contribution in [0.4, 0.5) is 5.82 Å². The molecule has 0 atom stereocenters. The van der Waals surface area contributed by atoms with Crippen LogP contribution in [-0.2, 0) is 0 Å². The van der Waals surface area contributed by atoms with Crippen LogP contribution in [0.3, 0.4) is 0 Å². The molecule has 2 heteroatoms. The van der Waals surface area contributed by atoms with Gasteiger partial charge in [0.15, 0.2) is 0 Å². The Labute approximate surface area is 124 Å². The quantitative estimate of drug-likeness (QED) is 0.684. The molecule has 0 fully saturated rings. The van der Waals surface area contributed by atoms with Gasteiger partial charge in [0.25, 0.3) is 0 Å². The first kappa shape index (κ1) is 13.0. The Morgan fingerprint density at radius 3 is 2.10 bits per heavy atom. The van der Waals surface area contributed by atoms with Crippen LogP contribution in [0.5, 0.6) is 0 Å². The van der Waals surface area contributed by atoms with Crippen LogP contribution in [0.15, 0.2) is 72.8 Å². The average Bonchev–Trinajstić information content (AvgIpc) is 2.54. The molecule has 1 aromatic heterocycles. The molecule has 0 amide bonds. The highest BCUT2D eigenvalue weighted by molar-refractivity contribution is 5.67. The number of rotatable bonds is 1. The minimum atomic E-state index is 0.480. The van der Waals surface area contributed by atoms with E-state index in [0.717, 1.165) is 16.7 Å². The van der Waals surface area contributed by atoms with Crippen LogP contribution >= 0.6 is 0 Å². The summed E-state index contributed by atoms with van der Waals surface area (Å²) in [6.07, 6.45) is 0. The summed E-state index contributed by atoms with van der Waals surface area (Å²) in [4.78, 5) is 4.28. The third kappa shape index (κ3) is 3.29. The fraction of sp³-hybridized carbons (Fsp3) is 0. The summed E-state index contributed by atoms with van der Waals surface area (Å²) in [5.74, 6) is 6.65. The maximum atomic E-state index is 5.89. The van der Waals surface area contributed by atoms with Crippen molar-refractivity contribution in [2.75, 3.05) is 5.73 Å². The van der Waals surface area contributed by atoms with Crippen LogP contribution in [0, 0.1) is 11.8 Å². The lowest BCUT2D eigenvalue weighted by molar-refractivity contribution is 1.30. The number of nitrogens with two attached hydrogens (primary N) is 1. The summed E-state index contributed by atoms with van der Waals surface area (Å²) in [5.41, 5.74) is 9.66. The Hall–Kier alpha value is -3.05. The van der Waals surface area contributed by atoms with E-state index in [-0.39, 0.29) is 0 Å². The minimum absolute atomic E-state index is 0.480. The van der Waals surface area contributed by atoms with Gasteiger partial charge in [-0.05, 0) is 41.3 Å². The van der Waals surface area contributed by atoms with Crippen LogP contribution in [0.1, 0.15) is 11.3 Å². The van der Waals surface area contributed by atoms with Crippen molar-refractivity contribution < 1.29 is 0 Å². The molecule has 2 N–H and O–H groups in total. The van der Waals surface area contributed by atoms with Crippen molar-refractivity contribution in [3.63, 3.8) is 0 Å². The lowest BCUT2D eigenvalue weighted by atomic mass is 10.1. The Morgan fingerprint density at radius 2 is 1.38 bits per heavy atom. The van der Waals surface area contributed by atoms with E-state index in [4.69, 9.17) is 5.73 Å². The van der Waals surface area contributed by atoms with Gasteiger partial charge in [0.1, 0.15) is 11.5 Å². The van der Waals surface area contributed by atoms with Crippen LogP contribution in [0.25, 0.3) is 11.1 Å². The largest absolute Gasteiger partial charge is 0.384 e. The van der Waals surface area contributed by atoms with Crippen LogP contribution in [0.2, 0.25) is 0 Å². The standard InChI is InChI=1S/C19H14N2/c20-19-14-17(16-9-5-2-6-10-16)13-18(21-19)12-11-15-7-3-1-4-8-15/h1-10,13-14H,(H2,20,21). The van der Waals surface area contributed by atoms with E-state index >= 15 is 0 Å². The Morgan fingerprint density at radius 1 is 0.714 bits per heavy atom. The molecule has 0 saturated heterocycles. The third-order valence-electron chi connectivity index (χ3n) is 3.06. The number of hydrogen-bond donors (Lipinski definition) is 1. The Bertz CT molecular complexity index is 797. The zero-order valence-electron chi connectivity index (χ0n) is 11.5. The van der Waals surface area contributed by atoms with E-state index in [9.17, 15) is 0 Å². The summed E-state index contributed by atoms with van der Waals surface area (Å²) in [6.45, 7) is 0. The molecule has 3 rings (SSSR count). The molecule has 0 saturated carbocycles. The molecule has 0 aliphatic carbocycles. The van der Waals surface area contributed by atoms with Crippen molar-refractivity contribution in [1.29, 1.82) is 0 Å². The molecule has 100 valence electrons. The second-order valence-corrected chi connectivity index (χ2v) is 4.65. The van der Waals surface area contributed by atoms with Crippen molar-refractivity contribution >= 4 is 5.82 Å². The molecule has 2 nitrogen and oxygen atoms in total. The number of pyridine rings is 1. The average molecular weight is 270 g/mol. The maximum Gasteiger partial charge on any atom is 0.125 e. The number of aromatic nitrogens is 1. The van der Waals surface area contributed by atoms with Gasteiger partial charge in [-0.2, -0.15) is 0 Å². The van der Waals surface area contributed by atoms with Gasteiger partial charge in [-0.3, -0.25) is 0 Å². The topological polar surface area (TPSA) is 38.9 Å². The Balaban J connectivity index is 1.98. The van der Waals surface area contributed by atoms with Crippen molar-refractivity contribution in [3.05, 3.63) is 84.1 Å². The predicted octanol–water partition coefficient (Wildman–Crippen LogP) is 3.73. The zero-order chi connectivity index (χ0) is 14.5. The van der Waals surface area contributed by atoms with Gasteiger partial charge < -0.3 is 5.73 Å². The Kier molecular flexibility index (Phi) is 3.66. The molecule has 0 bridgehead atoms. The number of benzene rings is 2. The summed E-state index contributed by atoms with van der Waals surface area (Å²) in [5, 5.41) is 0. The van der Waals surface area contributed by atoms with Crippen molar-refractivity contribution in [2.45, 2.75) is 0 Å². The monoisotopic (exact) mass is 270 g/mol. The van der Waals surface area contributed by atoms with E-state index in [0.29, 0.717) is 11.5 Å². The van der Waals surface area contributed by atoms with Gasteiger partial charge in [0, 0.05) is 5.56 Å². The maximum absolute atomic E-state index is 5.89. The molecule has 0 aliphatic heterocycles. The van der Waals surface area contributed by atoms with Gasteiger partial charge in [-0.15, -0.1) is 0 Å². The summed E-state index contributed by atoms with van der Waals surface area (Å²) >= 11 is 0. The first-order chi connectivity index (χ1) is 10.3. The third-order valence-corrected chi connectivity index (χ3v) is 3.06. The predicted molar refractivity (Wildman–Crippen MR) is 86.5 cm³/mol. The van der Waals surface area contributed by atoms with Crippen LogP contribution < -0.4 is 5.73 Å². The van der Waals surface area contributed by atoms with E-state index < -0.39 is 0 Å². The van der Waals surface area contributed by atoms with E-state index in [1.54, 1.807) is 0 Å². The smallest absolute Gasteiger partial charge is 0.125 e. The highest BCUT2D eigenvalue weighted by atomic mass is 14.8. The summed E-state index contributed by atoms with van der Waals surface area (Å²) < 4.78 is 0. The first-order valence-corrected chi connectivity index (χ1v) is 6.71. The van der Waals surface area contributed by atoms with E-state index in [2.05, 4.69) is 16.8 Å². The molecule has 1 heterocycles. The molecule has 3 aromatic rings. The lowest BCUT2D eigenvalue weighted by Gasteiger charge is -2.03. The highest BCUT2D eigenvalue weighted by Crippen LogP contribution is 2.21. The van der Waals surface area contributed by atoms with Crippen LogP contribution in [-0.4, -0.2) is 4.98 Å². The molecule has 0 aliphatic rings. The second kappa shape index (κ2) is 5.94. The number of nitrogens with zero attached hydrogens (tertiary/aromatic N) is 1. The molecule has 0 spiro atoms. The minimum Gasteiger partial charge on any atom is -0.384 e. The number of anilines is 1. The van der Waals surface area contributed by atoms with Gasteiger partial charge in [0.05, 0.1) is 0 Å². The lowest BCUT2D eigenvalue weighted by Crippen LogP contribution is -1.94. The van der Waals surface area contributed by atoms with Crippen molar-refractivity contribution in [2.24, 2.45) is 0 Å². The van der Waals surface area contributed by atoms with E-state index in [1.165, 1.54) is 0 Å². The fourth-order valence-electron chi connectivity index (χ4n) is 2.07. The molecule has 2 aromatic carbocycles. The molecular weight excluding hydrogens is 256 g/mol. The van der Waals surface area contributed by atoms with Gasteiger partial charge in [0.2, 0.25) is 0 Å². The summed E-state index contributed by atoms with van der Waals surface area (Å²) in [6, 6.07) is 23.7. The van der Waals surface area contributed by atoms with Gasteiger partial charge in [-0.1, -0.05) is 54.5 Å². The normalized spacial score (nSPS) is 9.71. The van der Waals surface area contributed by atoms with E-state index in [1.807, 2.05) is 72.8 Å². The first-order valence-electron chi connectivity index (χ1n) is 6.71. The SMILES string of the molecule is Nc1cc(-c2ccccc2)cc(C#Cc2ccccc2)n1. The molecule has 0 unspecified atom stereocenters. The van der Waals surface area contributed by atoms with Crippen molar-refractivity contribution in [3.8, 4) is 23.0 Å². The number of nitrogen functional groups attached to an aromatic ring is 1. The van der Waals surface area contributed by atoms with Crippen molar-refractivity contribution in [1.82, 2.24) is 4.98 Å². The molecule has 0 radical (unpaired) electrons. The van der Waals surface area contributed by atoms with Gasteiger partial charge >= 0.3 is 0 Å².